The highest BCUT2D eigenvalue weighted by Gasteiger charge is 2.72. The van der Waals surface area contributed by atoms with Crippen LogP contribution in [0.2, 0.25) is 0 Å². The van der Waals surface area contributed by atoms with Gasteiger partial charge in [-0.25, -0.2) is 0 Å². The maximum atomic E-state index is 12.5. The van der Waals surface area contributed by atoms with Gasteiger partial charge in [0.2, 0.25) is 0 Å². The second-order valence-corrected chi connectivity index (χ2v) is 10.6. The molecule has 0 spiro atoms. The maximum Gasteiger partial charge on any atom is 0.309 e. The standard InChI is InChI=1S/C23H36O6/c1-13(24)29-15-7-9-21(2)14(11-15)5-6-17-16(21)8-10-22(3)18(20(26)28-4)12-19(25)23(17,22)27/h14-19,25,27H,5-12H2,1-4H3. The van der Waals surface area contributed by atoms with Crippen LogP contribution in [0.15, 0.2) is 0 Å². The van der Waals surface area contributed by atoms with E-state index in [0.29, 0.717) is 11.8 Å². The Morgan fingerprint density at radius 1 is 1.00 bits per heavy atom. The monoisotopic (exact) mass is 408 g/mol. The van der Waals surface area contributed by atoms with Crippen LogP contribution in [0.5, 0.6) is 0 Å². The Kier molecular flexibility index (Phi) is 5.05. The van der Waals surface area contributed by atoms with Crippen LogP contribution >= 0.6 is 0 Å². The summed E-state index contributed by atoms with van der Waals surface area (Å²) in [4.78, 5) is 23.9. The van der Waals surface area contributed by atoms with Crippen molar-refractivity contribution in [2.24, 2.45) is 34.5 Å². The van der Waals surface area contributed by atoms with E-state index >= 15 is 0 Å². The molecule has 4 saturated carbocycles. The summed E-state index contributed by atoms with van der Waals surface area (Å²) < 4.78 is 10.5. The van der Waals surface area contributed by atoms with E-state index in [1.165, 1.54) is 14.0 Å². The molecule has 0 aromatic heterocycles. The molecule has 2 N–H and O–H groups in total. The zero-order chi connectivity index (χ0) is 21.2. The molecular formula is C23H36O6. The first-order valence-electron chi connectivity index (χ1n) is 11.2. The van der Waals surface area contributed by atoms with Crippen molar-refractivity contribution >= 4 is 11.9 Å². The SMILES string of the molecule is COC(=O)C1CC(O)C2(O)C3CCC4CC(OC(C)=O)CCC4(C)C3CCC12C. The van der Waals surface area contributed by atoms with Gasteiger partial charge in [0.1, 0.15) is 6.10 Å². The lowest BCUT2D eigenvalue weighted by atomic mass is 9.43. The highest BCUT2D eigenvalue weighted by molar-refractivity contribution is 5.74. The number of carbonyl (C=O) groups is 2. The number of carbonyl (C=O) groups excluding carboxylic acids is 2. The number of aliphatic hydroxyl groups is 2. The van der Waals surface area contributed by atoms with E-state index in [0.717, 1.165) is 44.9 Å². The van der Waals surface area contributed by atoms with Crippen molar-refractivity contribution in [3.05, 3.63) is 0 Å². The molecule has 0 amide bonds. The zero-order valence-electron chi connectivity index (χ0n) is 18.1. The number of esters is 2. The van der Waals surface area contributed by atoms with Gasteiger partial charge in [-0.2, -0.15) is 0 Å². The number of ether oxygens (including phenoxy) is 2. The molecule has 0 radical (unpaired) electrons. The van der Waals surface area contributed by atoms with Crippen molar-refractivity contribution < 1.29 is 29.3 Å². The molecular weight excluding hydrogens is 372 g/mol. The van der Waals surface area contributed by atoms with Crippen molar-refractivity contribution in [1.82, 2.24) is 0 Å². The number of rotatable bonds is 2. The first kappa shape index (κ1) is 21.1. The molecule has 0 bridgehead atoms. The van der Waals surface area contributed by atoms with Gasteiger partial charge >= 0.3 is 11.9 Å². The molecule has 0 saturated heterocycles. The Bertz CT molecular complexity index is 693. The van der Waals surface area contributed by atoms with E-state index in [9.17, 15) is 19.8 Å². The summed E-state index contributed by atoms with van der Waals surface area (Å²) in [6, 6.07) is 0. The largest absolute Gasteiger partial charge is 0.469 e. The summed E-state index contributed by atoms with van der Waals surface area (Å²) in [5.41, 5.74) is -1.84. The molecule has 9 unspecified atom stereocenters. The van der Waals surface area contributed by atoms with Crippen molar-refractivity contribution in [2.45, 2.75) is 89.9 Å². The van der Waals surface area contributed by atoms with Crippen molar-refractivity contribution in [2.75, 3.05) is 7.11 Å². The molecule has 0 aromatic rings. The summed E-state index contributed by atoms with van der Waals surface area (Å²) in [6.45, 7) is 5.79. The number of aliphatic hydroxyl groups excluding tert-OH is 1. The molecule has 9 atom stereocenters. The summed E-state index contributed by atoms with van der Waals surface area (Å²) in [5.74, 6) is -0.231. The number of fused-ring (bicyclic) bond motifs is 5. The molecule has 0 aliphatic heterocycles. The molecule has 29 heavy (non-hydrogen) atoms. The van der Waals surface area contributed by atoms with Crippen molar-refractivity contribution in [3.63, 3.8) is 0 Å². The fourth-order valence-electron chi connectivity index (χ4n) is 8.08. The van der Waals surface area contributed by atoms with E-state index in [1.807, 2.05) is 6.92 Å². The molecule has 4 aliphatic carbocycles. The Labute approximate surface area is 173 Å². The van der Waals surface area contributed by atoms with E-state index in [1.54, 1.807) is 0 Å². The Balaban J connectivity index is 1.62. The van der Waals surface area contributed by atoms with Crippen molar-refractivity contribution in [1.29, 1.82) is 0 Å². The normalized spacial score (nSPS) is 51.4. The van der Waals surface area contributed by atoms with Crippen LogP contribution in [0, 0.1) is 34.5 Å². The molecule has 164 valence electrons. The average Bonchev–Trinajstić information content (AvgIpc) is 2.88. The lowest BCUT2D eigenvalue weighted by molar-refractivity contribution is -0.238. The molecule has 0 aromatic carbocycles. The van der Waals surface area contributed by atoms with Gasteiger partial charge in [0.15, 0.2) is 0 Å². The fourth-order valence-corrected chi connectivity index (χ4v) is 8.08. The first-order valence-corrected chi connectivity index (χ1v) is 11.2. The van der Waals surface area contributed by atoms with E-state index < -0.39 is 23.0 Å². The summed E-state index contributed by atoms with van der Waals surface area (Å²) >= 11 is 0. The molecule has 4 aliphatic rings. The van der Waals surface area contributed by atoms with Gasteiger partial charge in [-0.05, 0) is 74.5 Å². The van der Waals surface area contributed by atoms with Crippen LogP contribution < -0.4 is 0 Å². The van der Waals surface area contributed by atoms with Gasteiger partial charge in [-0.1, -0.05) is 13.8 Å². The zero-order valence-corrected chi connectivity index (χ0v) is 18.1. The number of hydrogen-bond acceptors (Lipinski definition) is 6. The molecule has 6 heteroatoms. The van der Waals surface area contributed by atoms with Crippen LogP contribution in [0.25, 0.3) is 0 Å². The van der Waals surface area contributed by atoms with Gasteiger partial charge < -0.3 is 19.7 Å². The topological polar surface area (TPSA) is 93.1 Å². The minimum Gasteiger partial charge on any atom is -0.469 e. The van der Waals surface area contributed by atoms with E-state index in [-0.39, 0.29) is 35.8 Å². The first-order chi connectivity index (χ1) is 13.6. The highest BCUT2D eigenvalue weighted by Crippen LogP contribution is 2.69. The third-order valence-corrected chi connectivity index (χ3v) is 9.65. The minimum atomic E-state index is -1.25. The van der Waals surface area contributed by atoms with Crippen LogP contribution in [-0.2, 0) is 19.1 Å². The van der Waals surface area contributed by atoms with Gasteiger partial charge in [-0.3, -0.25) is 9.59 Å². The van der Waals surface area contributed by atoms with Gasteiger partial charge in [-0.15, -0.1) is 0 Å². The van der Waals surface area contributed by atoms with Crippen LogP contribution in [0.1, 0.15) is 72.1 Å². The Morgan fingerprint density at radius 3 is 2.38 bits per heavy atom. The van der Waals surface area contributed by atoms with Gasteiger partial charge in [0, 0.05) is 12.3 Å². The highest BCUT2D eigenvalue weighted by atomic mass is 16.5. The van der Waals surface area contributed by atoms with Crippen LogP contribution in [-0.4, -0.2) is 47.1 Å². The van der Waals surface area contributed by atoms with E-state index in [2.05, 4.69) is 6.92 Å². The fraction of sp³-hybridized carbons (Fsp3) is 0.913. The van der Waals surface area contributed by atoms with E-state index in [4.69, 9.17) is 9.47 Å². The summed E-state index contributed by atoms with van der Waals surface area (Å²) in [6.07, 6.45) is 5.57. The Morgan fingerprint density at radius 2 is 1.72 bits per heavy atom. The summed E-state index contributed by atoms with van der Waals surface area (Å²) in [7, 11) is 1.38. The minimum absolute atomic E-state index is 0.000145. The number of hydrogen-bond donors (Lipinski definition) is 2. The molecule has 6 nitrogen and oxygen atoms in total. The lowest BCUT2D eigenvalue weighted by Crippen LogP contribution is -2.65. The molecule has 0 heterocycles. The predicted molar refractivity (Wildman–Crippen MR) is 106 cm³/mol. The second kappa shape index (κ2) is 6.94. The average molecular weight is 409 g/mol. The predicted octanol–water partition coefficient (Wildman–Crippen LogP) is 2.84. The molecule has 4 fully saturated rings. The number of methoxy groups -OCH3 is 1. The Hall–Kier alpha value is -1.14. The quantitative estimate of drug-likeness (QED) is 0.683. The van der Waals surface area contributed by atoms with Gasteiger partial charge in [0.05, 0.1) is 24.7 Å². The van der Waals surface area contributed by atoms with Gasteiger partial charge in [0.25, 0.3) is 0 Å². The third-order valence-electron chi connectivity index (χ3n) is 9.65. The van der Waals surface area contributed by atoms with Crippen LogP contribution in [0.3, 0.4) is 0 Å². The smallest absolute Gasteiger partial charge is 0.309 e. The van der Waals surface area contributed by atoms with Crippen LogP contribution in [0.4, 0.5) is 0 Å². The van der Waals surface area contributed by atoms with Crippen molar-refractivity contribution in [3.8, 4) is 0 Å². The third kappa shape index (κ3) is 2.81. The second-order valence-electron chi connectivity index (χ2n) is 10.6. The maximum absolute atomic E-state index is 12.5. The summed E-state index contributed by atoms with van der Waals surface area (Å²) in [5, 5.41) is 23.0. The lowest BCUT2D eigenvalue weighted by Gasteiger charge is -2.63. The molecule has 4 rings (SSSR count).